The van der Waals surface area contributed by atoms with Gasteiger partial charge in [0.05, 0.1) is 22.6 Å². The third-order valence-corrected chi connectivity index (χ3v) is 12.6. The molecule has 0 saturated carbocycles. The van der Waals surface area contributed by atoms with Crippen molar-refractivity contribution in [2.45, 2.75) is 78.0 Å². The first-order valence-corrected chi connectivity index (χ1v) is 10.2. The van der Waals surface area contributed by atoms with Crippen molar-refractivity contribution in [3.8, 4) is 0 Å². The first kappa shape index (κ1) is 23.6. The molecular formula is C14H35P2Rh+. The second kappa shape index (κ2) is 11.3. The molecule has 0 atom stereocenters. The minimum Gasteiger partial charge on any atom is -0.358 e. The summed E-state index contributed by atoms with van der Waals surface area (Å²) in [5, 5.41) is 0. The molecule has 0 bridgehead atoms. The molecule has 0 nitrogen and oxygen atoms in total. The van der Waals surface area contributed by atoms with Crippen LogP contribution in [-0.4, -0.2) is 28.5 Å². The minimum atomic E-state index is -0.121. The third-order valence-electron chi connectivity index (χ3n) is 3.37. The monoisotopic (exact) mass is 368 g/mol. The van der Waals surface area contributed by atoms with E-state index in [9.17, 15) is 0 Å². The molecule has 0 aromatic carbocycles. The molecule has 0 aliphatic carbocycles. The van der Waals surface area contributed by atoms with Gasteiger partial charge in [-0.2, -0.15) is 0 Å². The molecule has 0 unspecified atom stereocenters. The SMILES string of the molecule is CC(C)[PH+](C[PH+](C(C)C)C(C)C)C(C)C.[CH3-].[Rh]. The van der Waals surface area contributed by atoms with Gasteiger partial charge in [-0.15, -0.1) is 0 Å². The largest absolute Gasteiger partial charge is 0.358 e. The maximum Gasteiger partial charge on any atom is 0.156 e. The zero-order valence-corrected chi connectivity index (χ0v) is 17.0. The second-order valence-electron chi connectivity index (χ2n) is 5.95. The van der Waals surface area contributed by atoms with E-state index in [4.69, 9.17) is 0 Å². The Bertz CT molecular complexity index is 134. The Morgan fingerprint density at radius 2 is 0.765 bits per heavy atom. The van der Waals surface area contributed by atoms with Gasteiger partial charge in [0.2, 0.25) is 0 Å². The summed E-state index contributed by atoms with van der Waals surface area (Å²) in [7, 11) is -0.243. The zero-order valence-electron chi connectivity index (χ0n) is 13.3. The first-order chi connectivity index (χ1) is 6.77. The predicted molar refractivity (Wildman–Crippen MR) is 88.5 cm³/mol. The van der Waals surface area contributed by atoms with E-state index in [1.54, 1.807) is 5.90 Å². The second-order valence-corrected chi connectivity index (χ2v) is 14.3. The van der Waals surface area contributed by atoms with E-state index in [1.165, 1.54) is 0 Å². The van der Waals surface area contributed by atoms with Crippen LogP contribution in [0, 0.1) is 7.43 Å². The fraction of sp³-hybridized carbons (Fsp3) is 0.929. The maximum absolute atomic E-state index is 2.44. The van der Waals surface area contributed by atoms with Crippen molar-refractivity contribution in [1.29, 1.82) is 0 Å². The van der Waals surface area contributed by atoms with E-state index in [0.717, 1.165) is 22.6 Å². The molecule has 109 valence electrons. The number of hydrogen-bond acceptors (Lipinski definition) is 0. The molecule has 1 radical (unpaired) electrons. The molecule has 0 aromatic rings. The van der Waals surface area contributed by atoms with Crippen molar-refractivity contribution in [3.05, 3.63) is 7.43 Å². The van der Waals surface area contributed by atoms with E-state index < -0.39 is 0 Å². The van der Waals surface area contributed by atoms with Gasteiger partial charge in [-0.1, -0.05) is 0 Å². The molecule has 0 amide bonds. The van der Waals surface area contributed by atoms with Gasteiger partial charge in [-0.3, -0.25) is 0 Å². The van der Waals surface area contributed by atoms with E-state index >= 15 is 0 Å². The van der Waals surface area contributed by atoms with Crippen molar-refractivity contribution >= 4 is 15.8 Å². The van der Waals surface area contributed by atoms with Crippen molar-refractivity contribution in [3.63, 3.8) is 0 Å². The van der Waals surface area contributed by atoms with Gasteiger partial charge in [0.25, 0.3) is 0 Å². The molecule has 0 heterocycles. The quantitative estimate of drug-likeness (QED) is 0.332. The number of rotatable bonds is 6. The molecule has 17 heavy (non-hydrogen) atoms. The van der Waals surface area contributed by atoms with Crippen molar-refractivity contribution in [2.24, 2.45) is 0 Å². The summed E-state index contributed by atoms with van der Waals surface area (Å²) in [6.45, 7) is 19.5. The minimum absolute atomic E-state index is 0. The Morgan fingerprint density at radius 3 is 0.882 bits per heavy atom. The molecule has 0 saturated heterocycles. The first-order valence-electron chi connectivity index (χ1n) is 6.48. The van der Waals surface area contributed by atoms with Gasteiger partial charge >= 0.3 is 0 Å². The van der Waals surface area contributed by atoms with E-state index in [2.05, 4.69) is 55.4 Å². The molecule has 0 N–H and O–H groups in total. The van der Waals surface area contributed by atoms with Crippen LogP contribution >= 0.6 is 15.8 Å². The van der Waals surface area contributed by atoms with Crippen molar-refractivity contribution in [2.75, 3.05) is 5.90 Å². The van der Waals surface area contributed by atoms with Gasteiger partial charge in [0, 0.05) is 35.3 Å². The summed E-state index contributed by atoms with van der Waals surface area (Å²) in [5.41, 5.74) is 3.81. The molecule has 0 aromatic heterocycles. The fourth-order valence-corrected chi connectivity index (χ4v) is 13.5. The van der Waals surface area contributed by atoms with Crippen LogP contribution < -0.4 is 0 Å². The Kier molecular flexibility index (Phi) is 15.7. The molecule has 3 heteroatoms. The van der Waals surface area contributed by atoms with E-state index in [1.807, 2.05) is 0 Å². The Morgan fingerprint density at radius 1 is 0.588 bits per heavy atom. The van der Waals surface area contributed by atoms with Crippen LogP contribution in [-0.2, 0) is 19.5 Å². The van der Waals surface area contributed by atoms with Crippen LogP contribution in [0.1, 0.15) is 55.4 Å². The Labute approximate surface area is 126 Å². The van der Waals surface area contributed by atoms with Gasteiger partial charge in [-0.25, -0.2) is 0 Å². The van der Waals surface area contributed by atoms with Crippen LogP contribution in [0.3, 0.4) is 0 Å². The summed E-state index contributed by atoms with van der Waals surface area (Å²) >= 11 is 0. The maximum atomic E-state index is 2.44. The normalized spacial score (nSPS) is 11.6. The fourth-order valence-electron chi connectivity index (χ4n) is 2.39. The van der Waals surface area contributed by atoms with E-state index in [0.29, 0.717) is 0 Å². The standard InChI is InChI=1S/C13H30P2.CH3.Rh/c1-10(2)14(11(3)4)9-15(12(5)6)13(7)8;;/h10-13H,9H2,1-8H3;1H3;/q;-1;/p+2. The average Bonchev–Trinajstić information content (AvgIpc) is 2.01. The molecule has 0 spiro atoms. The predicted octanol–water partition coefficient (Wildman–Crippen LogP) is 5.45. The van der Waals surface area contributed by atoms with Gasteiger partial charge < -0.3 is 7.43 Å². The van der Waals surface area contributed by atoms with Crippen LogP contribution in [0.4, 0.5) is 0 Å². The van der Waals surface area contributed by atoms with Crippen LogP contribution in [0.15, 0.2) is 0 Å². The zero-order chi connectivity index (χ0) is 12.2. The molecule has 0 fully saturated rings. The summed E-state index contributed by atoms with van der Waals surface area (Å²) in [6, 6.07) is 0. The molecule has 0 aliphatic heterocycles. The van der Waals surface area contributed by atoms with Gasteiger partial charge in [-0.05, 0) is 55.4 Å². The van der Waals surface area contributed by atoms with E-state index in [-0.39, 0.29) is 42.7 Å². The van der Waals surface area contributed by atoms with Crippen molar-refractivity contribution < 1.29 is 19.5 Å². The van der Waals surface area contributed by atoms with Crippen LogP contribution in [0.5, 0.6) is 0 Å². The Hall–Kier alpha value is 1.48. The molecule has 0 rings (SSSR count). The topological polar surface area (TPSA) is 0 Å². The summed E-state index contributed by atoms with van der Waals surface area (Å²) in [5.74, 6) is 1.61. The van der Waals surface area contributed by atoms with Gasteiger partial charge in [0.15, 0.2) is 5.90 Å². The summed E-state index contributed by atoms with van der Waals surface area (Å²) < 4.78 is 0. The summed E-state index contributed by atoms with van der Waals surface area (Å²) in [4.78, 5) is 0. The van der Waals surface area contributed by atoms with Crippen LogP contribution in [0.2, 0.25) is 0 Å². The van der Waals surface area contributed by atoms with Crippen LogP contribution in [0.25, 0.3) is 0 Å². The third kappa shape index (κ3) is 9.08. The summed E-state index contributed by atoms with van der Waals surface area (Å²) in [6.07, 6.45) is 0. The molecule has 0 aliphatic rings. The number of hydrogen-bond donors (Lipinski definition) is 0. The average molecular weight is 368 g/mol. The van der Waals surface area contributed by atoms with Crippen molar-refractivity contribution in [1.82, 2.24) is 0 Å². The smallest absolute Gasteiger partial charge is 0.156 e. The van der Waals surface area contributed by atoms with Gasteiger partial charge in [0.1, 0.15) is 0 Å². The molecular weight excluding hydrogens is 333 g/mol. The Balaban J connectivity index is -0.000000980.